The largest absolute Gasteiger partial charge is 0.496 e. The second kappa shape index (κ2) is 10.9. The van der Waals surface area contributed by atoms with E-state index in [1.807, 2.05) is 30.5 Å². The lowest BCUT2D eigenvalue weighted by Gasteiger charge is -2.20. The van der Waals surface area contributed by atoms with Crippen molar-refractivity contribution in [3.8, 4) is 11.5 Å². The Morgan fingerprint density at radius 2 is 1.94 bits per heavy atom. The highest BCUT2D eigenvalue weighted by molar-refractivity contribution is 7.09. The topological polar surface area (TPSA) is 70.0 Å². The van der Waals surface area contributed by atoms with Crippen LogP contribution < -0.4 is 15.0 Å². The van der Waals surface area contributed by atoms with Crippen molar-refractivity contribution in [3.05, 3.63) is 79.4 Å². The van der Waals surface area contributed by atoms with Crippen molar-refractivity contribution < 1.29 is 19.0 Å². The number of rotatable bonds is 8. The molecule has 0 radical (unpaired) electrons. The molecular formula is C26H30N2O5S. The van der Waals surface area contributed by atoms with Gasteiger partial charge in [0, 0.05) is 55.7 Å². The highest BCUT2D eigenvalue weighted by Gasteiger charge is 2.26. The van der Waals surface area contributed by atoms with Gasteiger partial charge in [-0.25, -0.2) is 4.79 Å². The van der Waals surface area contributed by atoms with Crippen molar-refractivity contribution in [1.82, 2.24) is 9.47 Å². The fourth-order valence-corrected chi connectivity index (χ4v) is 5.09. The van der Waals surface area contributed by atoms with Crippen LogP contribution in [0.3, 0.4) is 0 Å². The average Bonchev–Trinajstić information content (AvgIpc) is 3.26. The van der Waals surface area contributed by atoms with Gasteiger partial charge >= 0.3 is 5.97 Å². The highest BCUT2D eigenvalue weighted by Crippen LogP contribution is 2.25. The van der Waals surface area contributed by atoms with Crippen LogP contribution in [0.5, 0.6) is 11.5 Å². The van der Waals surface area contributed by atoms with Crippen molar-refractivity contribution in [1.29, 1.82) is 0 Å². The van der Waals surface area contributed by atoms with Crippen LogP contribution in [0.25, 0.3) is 0 Å². The van der Waals surface area contributed by atoms with Crippen LogP contribution in [0.15, 0.2) is 46.6 Å². The fraction of sp³-hybridized carbons (Fsp3) is 0.385. The maximum Gasteiger partial charge on any atom is 0.343 e. The van der Waals surface area contributed by atoms with Gasteiger partial charge in [-0.3, -0.25) is 9.69 Å². The highest BCUT2D eigenvalue weighted by atomic mass is 32.1. The number of aryl methyl sites for hydroxylation is 1. The minimum Gasteiger partial charge on any atom is -0.496 e. The number of benzene rings is 1. The quantitative estimate of drug-likeness (QED) is 0.456. The number of methoxy groups -OCH3 is 2. The van der Waals surface area contributed by atoms with E-state index >= 15 is 0 Å². The monoisotopic (exact) mass is 482 g/mol. The van der Waals surface area contributed by atoms with Gasteiger partial charge in [-0.2, -0.15) is 0 Å². The summed E-state index contributed by atoms with van der Waals surface area (Å²) in [6.07, 6.45) is 1.27. The lowest BCUT2D eigenvalue weighted by Crippen LogP contribution is -2.29. The van der Waals surface area contributed by atoms with Crippen molar-refractivity contribution in [2.75, 3.05) is 33.9 Å². The van der Waals surface area contributed by atoms with E-state index in [1.165, 1.54) is 23.6 Å². The van der Waals surface area contributed by atoms with E-state index in [9.17, 15) is 9.59 Å². The number of hydrogen-bond acceptors (Lipinski definition) is 7. The van der Waals surface area contributed by atoms with E-state index < -0.39 is 5.97 Å². The molecule has 0 aliphatic carbocycles. The van der Waals surface area contributed by atoms with Crippen LogP contribution in [0.2, 0.25) is 0 Å². The lowest BCUT2D eigenvalue weighted by atomic mass is 10.1. The molecule has 4 rings (SSSR count). The fourth-order valence-electron chi connectivity index (χ4n) is 4.40. The zero-order chi connectivity index (χ0) is 24.1. The summed E-state index contributed by atoms with van der Waals surface area (Å²) in [6, 6.07) is 11.6. The van der Waals surface area contributed by atoms with Crippen molar-refractivity contribution in [3.63, 3.8) is 0 Å². The first-order valence-corrected chi connectivity index (χ1v) is 12.2. The average molecular weight is 483 g/mol. The minimum absolute atomic E-state index is 0.157. The third kappa shape index (κ3) is 5.34. The summed E-state index contributed by atoms with van der Waals surface area (Å²) < 4.78 is 18.1. The van der Waals surface area contributed by atoms with Gasteiger partial charge in [0.25, 0.3) is 5.56 Å². The predicted octanol–water partition coefficient (Wildman–Crippen LogP) is 3.69. The van der Waals surface area contributed by atoms with Crippen LogP contribution in [0.1, 0.15) is 32.1 Å². The van der Waals surface area contributed by atoms with Gasteiger partial charge in [0.1, 0.15) is 17.1 Å². The zero-order valence-corrected chi connectivity index (χ0v) is 20.7. The maximum absolute atomic E-state index is 13.0. The van der Waals surface area contributed by atoms with E-state index in [-0.39, 0.29) is 5.56 Å². The number of hydrogen-bond donors (Lipinski definition) is 0. The molecule has 7 nitrogen and oxygen atoms in total. The second-order valence-corrected chi connectivity index (χ2v) is 9.35. The molecule has 0 saturated carbocycles. The van der Waals surface area contributed by atoms with Gasteiger partial charge in [0.15, 0.2) is 0 Å². The Hall–Kier alpha value is -3.10. The molecule has 180 valence electrons. The van der Waals surface area contributed by atoms with Crippen LogP contribution in [0, 0.1) is 6.92 Å². The molecule has 1 aliphatic rings. The molecule has 1 aromatic carbocycles. The van der Waals surface area contributed by atoms with Gasteiger partial charge in [0.05, 0.1) is 20.8 Å². The Morgan fingerprint density at radius 1 is 1.09 bits per heavy atom. The summed E-state index contributed by atoms with van der Waals surface area (Å²) in [5.41, 5.74) is 3.15. The first-order valence-electron chi connectivity index (χ1n) is 11.4. The Morgan fingerprint density at radius 3 is 2.65 bits per heavy atom. The first-order chi connectivity index (χ1) is 16.5. The van der Waals surface area contributed by atoms with Crippen LogP contribution >= 0.6 is 11.3 Å². The standard InChI is InChI=1S/C26H30N2O5S/c1-18-15-19(6-7-22(18)31-2)17-27-10-8-21-25(26(30)32-3)23(16-24(29)28(21)12-11-27)33-13-9-20-5-4-14-34-20/h4-7,14-16H,8-13,17H2,1-3H3. The van der Waals surface area contributed by atoms with E-state index in [0.717, 1.165) is 17.9 Å². The Labute approximate surface area is 203 Å². The number of fused-ring (bicyclic) bond motifs is 1. The molecule has 3 aromatic rings. The van der Waals surface area contributed by atoms with Crippen LogP contribution in [-0.2, 0) is 30.7 Å². The molecule has 0 atom stereocenters. The molecule has 2 aromatic heterocycles. The maximum atomic E-state index is 13.0. The molecule has 0 fully saturated rings. The van der Waals surface area contributed by atoms with E-state index in [1.54, 1.807) is 23.0 Å². The van der Waals surface area contributed by atoms with Gasteiger partial charge in [-0.1, -0.05) is 18.2 Å². The van der Waals surface area contributed by atoms with E-state index in [2.05, 4.69) is 17.0 Å². The van der Waals surface area contributed by atoms with Crippen LogP contribution in [0.4, 0.5) is 0 Å². The summed E-state index contributed by atoms with van der Waals surface area (Å²) in [5.74, 6) is 0.695. The normalized spacial score (nSPS) is 13.7. The van der Waals surface area contributed by atoms with Crippen molar-refractivity contribution in [2.24, 2.45) is 0 Å². The molecule has 0 spiro atoms. The van der Waals surface area contributed by atoms with Crippen molar-refractivity contribution in [2.45, 2.75) is 32.9 Å². The minimum atomic E-state index is -0.478. The van der Waals surface area contributed by atoms with Crippen LogP contribution in [-0.4, -0.2) is 49.4 Å². The third-order valence-corrected chi connectivity index (χ3v) is 7.06. The summed E-state index contributed by atoms with van der Waals surface area (Å²) >= 11 is 1.66. The third-order valence-electron chi connectivity index (χ3n) is 6.13. The molecule has 34 heavy (non-hydrogen) atoms. The molecule has 3 heterocycles. The first kappa shape index (κ1) is 24.0. The predicted molar refractivity (Wildman–Crippen MR) is 132 cm³/mol. The molecule has 0 unspecified atom stereocenters. The molecule has 8 heteroatoms. The van der Waals surface area contributed by atoms with Gasteiger partial charge < -0.3 is 18.8 Å². The summed E-state index contributed by atoms with van der Waals surface area (Å²) in [5, 5.41) is 2.02. The number of thiophene rings is 1. The number of nitrogens with zero attached hydrogens (tertiary/aromatic N) is 2. The number of ether oxygens (including phenoxy) is 3. The van der Waals surface area contributed by atoms with E-state index in [4.69, 9.17) is 14.2 Å². The summed E-state index contributed by atoms with van der Waals surface area (Å²) in [6.45, 7) is 5.09. The number of carbonyl (C=O) groups excluding carboxylic acids is 1. The lowest BCUT2D eigenvalue weighted by molar-refractivity contribution is 0.0593. The number of esters is 1. The summed E-state index contributed by atoms with van der Waals surface area (Å²) in [7, 11) is 3.03. The molecular weight excluding hydrogens is 452 g/mol. The summed E-state index contributed by atoms with van der Waals surface area (Å²) in [4.78, 5) is 29.2. The Balaban J connectivity index is 1.54. The molecule has 1 aliphatic heterocycles. The molecule has 0 amide bonds. The van der Waals surface area contributed by atoms with Gasteiger partial charge in [-0.05, 0) is 35.6 Å². The zero-order valence-electron chi connectivity index (χ0n) is 19.8. The number of aromatic nitrogens is 1. The van der Waals surface area contributed by atoms with Crippen molar-refractivity contribution >= 4 is 17.3 Å². The Bertz CT molecular complexity index is 1200. The molecule has 0 N–H and O–H groups in total. The molecule has 0 bridgehead atoms. The molecule has 0 saturated heterocycles. The Kier molecular flexibility index (Phi) is 7.70. The SMILES string of the molecule is COC(=O)c1c(OCCc2cccs2)cc(=O)n2c1CCN(Cc1ccc(OC)c(C)c1)CC2. The number of carbonyl (C=O) groups is 1. The number of pyridine rings is 1. The van der Waals surface area contributed by atoms with E-state index in [0.29, 0.717) is 56.1 Å². The smallest absolute Gasteiger partial charge is 0.343 e. The van der Waals surface area contributed by atoms with Gasteiger partial charge in [-0.15, -0.1) is 11.3 Å². The second-order valence-electron chi connectivity index (χ2n) is 8.32. The van der Waals surface area contributed by atoms with Gasteiger partial charge in [0.2, 0.25) is 0 Å².